The van der Waals surface area contributed by atoms with E-state index in [0.717, 1.165) is 18.7 Å². The summed E-state index contributed by atoms with van der Waals surface area (Å²) in [7, 11) is 1.89. The first-order valence-corrected chi connectivity index (χ1v) is 7.76. The van der Waals surface area contributed by atoms with Crippen molar-refractivity contribution < 1.29 is 9.53 Å². The molecule has 1 heterocycles. The maximum absolute atomic E-state index is 12.7. The van der Waals surface area contributed by atoms with Crippen LogP contribution in [0.15, 0.2) is 6.07 Å². The zero-order valence-electron chi connectivity index (χ0n) is 14.0. The molecule has 21 heavy (non-hydrogen) atoms. The second-order valence-corrected chi connectivity index (χ2v) is 6.42. The van der Waals surface area contributed by atoms with Crippen LogP contribution in [-0.4, -0.2) is 46.4 Å². The van der Waals surface area contributed by atoms with Crippen LogP contribution in [0.5, 0.6) is 0 Å². The maximum Gasteiger partial charge on any atom is 0.272 e. The minimum absolute atomic E-state index is 0.00741. The van der Waals surface area contributed by atoms with E-state index in [1.54, 1.807) is 4.68 Å². The second-order valence-electron chi connectivity index (χ2n) is 6.42. The molecule has 1 saturated carbocycles. The molecule has 5 heteroatoms. The van der Waals surface area contributed by atoms with Crippen molar-refractivity contribution in [3.63, 3.8) is 0 Å². The van der Waals surface area contributed by atoms with Crippen molar-refractivity contribution in [3.8, 4) is 0 Å². The monoisotopic (exact) mass is 293 g/mol. The van der Waals surface area contributed by atoms with Crippen molar-refractivity contribution in [1.82, 2.24) is 14.7 Å². The number of carbonyl (C=O) groups excluding carboxylic acids is 1. The van der Waals surface area contributed by atoms with E-state index in [0.29, 0.717) is 12.2 Å². The van der Waals surface area contributed by atoms with E-state index >= 15 is 0 Å². The van der Waals surface area contributed by atoms with E-state index in [2.05, 4.69) is 18.9 Å². The minimum atomic E-state index is -0.00741. The summed E-state index contributed by atoms with van der Waals surface area (Å²) in [6.45, 7) is 11.7. The van der Waals surface area contributed by atoms with E-state index < -0.39 is 0 Å². The van der Waals surface area contributed by atoms with Crippen LogP contribution in [0.3, 0.4) is 0 Å². The number of amides is 1. The molecule has 1 fully saturated rings. The Labute approximate surface area is 127 Å². The van der Waals surface area contributed by atoms with Crippen molar-refractivity contribution in [2.75, 3.05) is 13.7 Å². The van der Waals surface area contributed by atoms with Gasteiger partial charge in [-0.1, -0.05) is 13.8 Å². The van der Waals surface area contributed by atoms with Crippen LogP contribution in [0.2, 0.25) is 0 Å². The highest BCUT2D eigenvalue weighted by atomic mass is 16.5. The van der Waals surface area contributed by atoms with Gasteiger partial charge in [-0.15, -0.1) is 0 Å². The summed E-state index contributed by atoms with van der Waals surface area (Å²) >= 11 is 0. The minimum Gasteiger partial charge on any atom is -0.378 e. The number of carbonyl (C=O) groups is 1. The fourth-order valence-electron chi connectivity index (χ4n) is 3.29. The number of aromatic nitrogens is 2. The third kappa shape index (κ3) is 2.71. The summed E-state index contributed by atoms with van der Waals surface area (Å²) in [5.74, 6) is 0.0467. The van der Waals surface area contributed by atoms with Crippen LogP contribution >= 0.6 is 0 Å². The van der Waals surface area contributed by atoms with Crippen LogP contribution in [0.1, 0.15) is 50.3 Å². The lowest BCUT2D eigenvalue weighted by Gasteiger charge is -2.54. The Hall–Kier alpha value is -1.36. The molecule has 1 aromatic heterocycles. The Morgan fingerprint density at radius 3 is 2.71 bits per heavy atom. The molecule has 0 radical (unpaired) electrons. The van der Waals surface area contributed by atoms with Crippen molar-refractivity contribution in [1.29, 1.82) is 0 Å². The van der Waals surface area contributed by atoms with Crippen molar-refractivity contribution in [2.24, 2.45) is 5.41 Å². The van der Waals surface area contributed by atoms with Crippen LogP contribution in [-0.2, 0) is 11.3 Å². The third-order valence-corrected chi connectivity index (χ3v) is 4.70. The molecule has 0 aliphatic heterocycles. The molecule has 0 N–H and O–H groups in total. The van der Waals surface area contributed by atoms with Crippen molar-refractivity contribution >= 4 is 5.91 Å². The van der Waals surface area contributed by atoms with E-state index in [1.807, 2.05) is 38.8 Å². The Morgan fingerprint density at radius 1 is 1.52 bits per heavy atom. The summed E-state index contributed by atoms with van der Waals surface area (Å²) in [5, 5.41) is 4.36. The number of hydrogen-bond acceptors (Lipinski definition) is 3. The molecule has 1 aliphatic rings. The summed E-state index contributed by atoms with van der Waals surface area (Å²) in [6, 6.07) is 2.08. The van der Waals surface area contributed by atoms with Crippen LogP contribution in [0, 0.1) is 12.3 Å². The molecule has 0 saturated heterocycles. The van der Waals surface area contributed by atoms with Crippen LogP contribution in [0.4, 0.5) is 0 Å². The van der Waals surface area contributed by atoms with Crippen molar-refractivity contribution in [2.45, 2.75) is 59.7 Å². The average Bonchev–Trinajstić information content (AvgIpc) is 2.82. The van der Waals surface area contributed by atoms with E-state index in [-0.39, 0.29) is 23.5 Å². The standard InChI is InChI=1S/C16H27N3O2/c1-7-19-12(9-11(3)17-19)15(20)18(6)13-10-14(21-8-2)16(13,4)5/h9,13-14H,7-8,10H2,1-6H3/t13-,14-/m0/s1. The molecule has 1 amide bonds. The largest absolute Gasteiger partial charge is 0.378 e. The lowest BCUT2D eigenvalue weighted by Crippen LogP contribution is -2.62. The average molecular weight is 293 g/mol. The second kappa shape index (κ2) is 5.79. The summed E-state index contributed by atoms with van der Waals surface area (Å²) in [5.41, 5.74) is 1.55. The Morgan fingerprint density at radius 2 is 2.19 bits per heavy atom. The molecule has 2 atom stereocenters. The Balaban J connectivity index is 2.14. The molecule has 0 unspecified atom stereocenters. The summed E-state index contributed by atoms with van der Waals surface area (Å²) in [4.78, 5) is 14.6. The van der Waals surface area contributed by atoms with Crippen LogP contribution < -0.4 is 0 Å². The van der Waals surface area contributed by atoms with Gasteiger partial charge < -0.3 is 9.64 Å². The summed E-state index contributed by atoms with van der Waals surface area (Å²) in [6.07, 6.45) is 1.14. The molecule has 0 bridgehead atoms. The Bertz CT molecular complexity index is 522. The maximum atomic E-state index is 12.7. The highest BCUT2D eigenvalue weighted by molar-refractivity contribution is 5.93. The molecule has 5 nitrogen and oxygen atoms in total. The smallest absolute Gasteiger partial charge is 0.272 e. The predicted molar refractivity (Wildman–Crippen MR) is 82.3 cm³/mol. The predicted octanol–water partition coefficient (Wildman–Crippen LogP) is 2.49. The van der Waals surface area contributed by atoms with Gasteiger partial charge in [-0.3, -0.25) is 9.48 Å². The number of aryl methyl sites for hydroxylation is 2. The molecular formula is C16H27N3O2. The van der Waals surface area contributed by atoms with E-state index in [1.165, 1.54) is 0 Å². The third-order valence-electron chi connectivity index (χ3n) is 4.70. The highest BCUT2D eigenvalue weighted by Gasteiger charge is 2.52. The Kier molecular flexibility index (Phi) is 4.42. The van der Waals surface area contributed by atoms with Gasteiger partial charge >= 0.3 is 0 Å². The van der Waals surface area contributed by atoms with Gasteiger partial charge in [-0.2, -0.15) is 5.10 Å². The quantitative estimate of drug-likeness (QED) is 0.838. The molecule has 1 aromatic rings. The number of hydrogen-bond donors (Lipinski definition) is 0. The molecule has 118 valence electrons. The lowest BCUT2D eigenvalue weighted by molar-refractivity contribution is -0.136. The fraction of sp³-hybridized carbons (Fsp3) is 0.750. The van der Waals surface area contributed by atoms with Gasteiger partial charge in [-0.25, -0.2) is 0 Å². The highest BCUT2D eigenvalue weighted by Crippen LogP contribution is 2.45. The first kappa shape index (κ1) is 16.0. The number of nitrogens with zero attached hydrogens (tertiary/aromatic N) is 3. The molecule has 1 aliphatic carbocycles. The van der Waals surface area contributed by atoms with Gasteiger partial charge in [0, 0.05) is 31.7 Å². The zero-order chi connectivity index (χ0) is 15.8. The first-order valence-electron chi connectivity index (χ1n) is 7.76. The summed E-state index contributed by atoms with van der Waals surface area (Å²) < 4.78 is 7.53. The van der Waals surface area contributed by atoms with Gasteiger partial charge in [0.25, 0.3) is 5.91 Å². The van der Waals surface area contributed by atoms with Gasteiger partial charge in [0.15, 0.2) is 0 Å². The topological polar surface area (TPSA) is 47.4 Å². The first-order chi connectivity index (χ1) is 9.82. The van der Waals surface area contributed by atoms with Crippen molar-refractivity contribution in [3.05, 3.63) is 17.5 Å². The molecule has 0 spiro atoms. The fourth-order valence-corrected chi connectivity index (χ4v) is 3.29. The van der Waals surface area contributed by atoms with Gasteiger partial charge in [0.05, 0.1) is 11.8 Å². The lowest BCUT2D eigenvalue weighted by atomic mass is 9.63. The van der Waals surface area contributed by atoms with Gasteiger partial charge in [0.2, 0.25) is 0 Å². The SMILES string of the molecule is CCO[C@H]1C[C@H](N(C)C(=O)c2cc(C)nn2CC)C1(C)C. The van der Waals surface area contributed by atoms with E-state index in [9.17, 15) is 4.79 Å². The normalized spacial score (nSPS) is 23.7. The number of rotatable bonds is 5. The van der Waals surface area contributed by atoms with Gasteiger partial charge in [-0.05, 0) is 33.3 Å². The van der Waals surface area contributed by atoms with E-state index in [4.69, 9.17) is 4.74 Å². The van der Waals surface area contributed by atoms with Gasteiger partial charge in [0.1, 0.15) is 5.69 Å². The number of ether oxygens (including phenoxy) is 1. The molecule has 0 aromatic carbocycles. The van der Waals surface area contributed by atoms with Crippen LogP contribution in [0.25, 0.3) is 0 Å². The zero-order valence-corrected chi connectivity index (χ0v) is 14.0. The molecule has 2 rings (SSSR count). The molecular weight excluding hydrogens is 266 g/mol.